The Kier molecular flexibility index (Phi) is 6.47. The van der Waals surface area contributed by atoms with Crippen molar-refractivity contribution >= 4 is 11.9 Å². The van der Waals surface area contributed by atoms with Crippen LogP contribution in [0.3, 0.4) is 0 Å². The number of amides is 1. The molecule has 28 heavy (non-hydrogen) atoms. The van der Waals surface area contributed by atoms with Crippen molar-refractivity contribution in [3.05, 3.63) is 70.8 Å². The Morgan fingerprint density at radius 2 is 1.68 bits per heavy atom. The van der Waals surface area contributed by atoms with Gasteiger partial charge in [-0.25, -0.2) is 4.79 Å². The van der Waals surface area contributed by atoms with Crippen LogP contribution in [0, 0.1) is 0 Å². The van der Waals surface area contributed by atoms with E-state index in [0.29, 0.717) is 25.3 Å². The monoisotopic (exact) mass is 381 g/mol. The van der Waals surface area contributed by atoms with E-state index in [2.05, 4.69) is 6.07 Å². The molecule has 0 fully saturated rings. The molecule has 3 rings (SSSR count). The highest BCUT2D eigenvalue weighted by Gasteiger charge is 2.27. The molecular formula is C23H27NO4. The number of ether oxygens (including phenoxy) is 2. The normalized spacial score (nSPS) is 14.5. The second-order valence-electron chi connectivity index (χ2n) is 7.38. The molecule has 0 bridgehead atoms. The fourth-order valence-corrected chi connectivity index (χ4v) is 3.22. The summed E-state index contributed by atoms with van der Waals surface area (Å²) in [5.74, 6) is -0.653. The van der Waals surface area contributed by atoms with Gasteiger partial charge in [-0.15, -0.1) is 0 Å². The topological polar surface area (TPSA) is 55.8 Å². The number of esters is 1. The molecule has 0 radical (unpaired) electrons. The van der Waals surface area contributed by atoms with E-state index >= 15 is 0 Å². The second kappa shape index (κ2) is 9.02. The van der Waals surface area contributed by atoms with Gasteiger partial charge in [-0.1, -0.05) is 36.4 Å². The number of benzene rings is 2. The molecule has 1 heterocycles. The van der Waals surface area contributed by atoms with Crippen molar-refractivity contribution in [1.82, 2.24) is 4.90 Å². The Morgan fingerprint density at radius 3 is 2.36 bits per heavy atom. The van der Waals surface area contributed by atoms with E-state index in [1.807, 2.05) is 44.2 Å². The number of hydrogen-bond acceptors (Lipinski definition) is 4. The van der Waals surface area contributed by atoms with Gasteiger partial charge in [0.1, 0.15) is 0 Å². The molecule has 1 aliphatic heterocycles. The van der Waals surface area contributed by atoms with Gasteiger partial charge in [0, 0.05) is 13.1 Å². The predicted molar refractivity (Wildman–Crippen MR) is 107 cm³/mol. The third kappa shape index (κ3) is 4.98. The molecule has 2 aromatic carbocycles. The van der Waals surface area contributed by atoms with Gasteiger partial charge in [0.25, 0.3) is 5.91 Å². The molecule has 148 valence electrons. The van der Waals surface area contributed by atoms with Crippen molar-refractivity contribution in [2.45, 2.75) is 52.6 Å². The summed E-state index contributed by atoms with van der Waals surface area (Å²) < 4.78 is 11.0. The summed E-state index contributed by atoms with van der Waals surface area (Å²) in [6.07, 6.45) is 0.155. The standard InChI is InChI=1S/C23H27NO4/c1-16(2)27-15-18-8-10-20(11-9-18)23(26)28-17(3)22(25)24-13-12-19-6-4-5-7-21(19)14-24/h4-11,16-17H,12-15H2,1-3H3/t17-/m0/s1. The maximum atomic E-state index is 12.7. The third-order valence-corrected chi connectivity index (χ3v) is 4.85. The summed E-state index contributed by atoms with van der Waals surface area (Å²) >= 11 is 0. The molecule has 0 spiro atoms. The first-order chi connectivity index (χ1) is 13.4. The van der Waals surface area contributed by atoms with Crippen molar-refractivity contribution in [1.29, 1.82) is 0 Å². The Morgan fingerprint density at radius 1 is 1.00 bits per heavy atom. The first kappa shape index (κ1) is 20.1. The molecule has 0 unspecified atom stereocenters. The quantitative estimate of drug-likeness (QED) is 0.715. The van der Waals surface area contributed by atoms with Crippen LogP contribution >= 0.6 is 0 Å². The van der Waals surface area contributed by atoms with E-state index in [1.54, 1.807) is 24.0 Å². The number of carbonyl (C=O) groups excluding carboxylic acids is 2. The van der Waals surface area contributed by atoms with E-state index < -0.39 is 12.1 Å². The lowest BCUT2D eigenvalue weighted by atomic mass is 9.99. The van der Waals surface area contributed by atoms with Crippen molar-refractivity contribution in [2.24, 2.45) is 0 Å². The molecule has 1 aliphatic rings. The summed E-state index contributed by atoms with van der Waals surface area (Å²) in [5, 5.41) is 0. The number of hydrogen-bond donors (Lipinski definition) is 0. The lowest BCUT2D eigenvalue weighted by Crippen LogP contribution is -2.42. The second-order valence-corrected chi connectivity index (χ2v) is 7.38. The van der Waals surface area contributed by atoms with Gasteiger partial charge in [-0.05, 0) is 56.0 Å². The Hall–Kier alpha value is -2.66. The zero-order chi connectivity index (χ0) is 20.1. The molecule has 0 aliphatic carbocycles. The molecule has 5 heteroatoms. The third-order valence-electron chi connectivity index (χ3n) is 4.85. The number of carbonyl (C=O) groups is 2. The van der Waals surface area contributed by atoms with Crippen LogP contribution in [-0.2, 0) is 33.8 Å². The van der Waals surface area contributed by atoms with Crippen molar-refractivity contribution < 1.29 is 19.1 Å². The maximum Gasteiger partial charge on any atom is 0.338 e. The Bertz CT molecular complexity index is 829. The van der Waals surface area contributed by atoms with Gasteiger partial charge in [0.15, 0.2) is 6.10 Å². The highest BCUT2D eigenvalue weighted by Crippen LogP contribution is 2.20. The molecule has 0 saturated heterocycles. The van der Waals surface area contributed by atoms with Gasteiger partial charge in [-0.2, -0.15) is 0 Å². The van der Waals surface area contributed by atoms with Crippen LogP contribution in [0.15, 0.2) is 48.5 Å². The van der Waals surface area contributed by atoms with Crippen LogP contribution in [0.4, 0.5) is 0 Å². The lowest BCUT2D eigenvalue weighted by Gasteiger charge is -2.30. The average Bonchev–Trinajstić information content (AvgIpc) is 2.71. The minimum atomic E-state index is -0.818. The molecule has 1 amide bonds. The Labute approximate surface area is 166 Å². The first-order valence-corrected chi connectivity index (χ1v) is 9.71. The van der Waals surface area contributed by atoms with Gasteiger partial charge in [0.05, 0.1) is 18.3 Å². The molecule has 1 atom stereocenters. The van der Waals surface area contributed by atoms with E-state index in [9.17, 15) is 9.59 Å². The smallest absolute Gasteiger partial charge is 0.338 e. The highest BCUT2D eigenvalue weighted by molar-refractivity contribution is 5.92. The summed E-state index contributed by atoms with van der Waals surface area (Å²) in [7, 11) is 0. The van der Waals surface area contributed by atoms with Crippen molar-refractivity contribution in [3.8, 4) is 0 Å². The zero-order valence-corrected chi connectivity index (χ0v) is 16.7. The largest absolute Gasteiger partial charge is 0.449 e. The number of fused-ring (bicyclic) bond motifs is 1. The van der Waals surface area contributed by atoms with E-state index in [4.69, 9.17) is 9.47 Å². The molecule has 0 saturated carbocycles. The molecule has 5 nitrogen and oxygen atoms in total. The van der Waals surface area contributed by atoms with Crippen LogP contribution in [-0.4, -0.2) is 35.5 Å². The fourth-order valence-electron chi connectivity index (χ4n) is 3.22. The summed E-state index contributed by atoms with van der Waals surface area (Å²) in [4.78, 5) is 26.9. The first-order valence-electron chi connectivity index (χ1n) is 9.71. The predicted octanol–water partition coefficient (Wildman–Crippen LogP) is 3.74. The van der Waals surface area contributed by atoms with Gasteiger partial charge >= 0.3 is 5.97 Å². The number of nitrogens with zero attached hydrogens (tertiary/aromatic N) is 1. The van der Waals surface area contributed by atoms with Gasteiger partial charge < -0.3 is 14.4 Å². The summed E-state index contributed by atoms with van der Waals surface area (Å²) in [5.41, 5.74) is 3.84. The van der Waals surface area contributed by atoms with Crippen LogP contribution in [0.2, 0.25) is 0 Å². The molecule has 0 N–H and O–H groups in total. The van der Waals surface area contributed by atoms with E-state index in [-0.39, 0.29) is 12.0 Å². The van der Waals surface area contributed by atoms with Crippen molar-refractivity contribution in [2.75, 3.05) is 6.54 Å². The average molecular weight is 381 g/mol. The summed E-state index contributed by atoms with van der Waals surface area (Å²) in [6, 6.07) is 15.2. The van der Waals surface area contributed by atoms with E-state index in [0.717, 1.165) is 17.5 Å². The van der Waals surface area contributed by atoms with Gasteiger partial charge in [0.2, 0.25) is 0 Å². The summed E-state index contributed by atoms with van der Waals surface area (Å²) in [6.45, 7) is 7.28. The maximum absolute atomic E-state index is 12.7. The highest BCUT2D eigenvalue weighted by atomic mass is 16.5. The Balaban J connectivity index is 1.56. The molecule has 2 aromatic rings. The lowest BCUT2D eigenvalue weighted by molar-refractivity contribution is -0.140. The van der Waals surface area contributed by atoms with E-state index in [1.165, 1.54) is 5.56 Å². The van der Waals surface area contributed by atoms with Crippen LogP contribution in [0.25, 0.3) is 0 Å². The zero-order valence-electron chi connectivity index (χ0n) is 16.7. The van der Waals surface area contributed by atoms with Gasteiger partial charge in [-0.3, -0.25) is 4.79 Å². The number of rotatable bonds is 6. The molecule has 0 aromatic heterocycles. The van der Waals surface area contributed by atoms with Crippen LogP contribution in [0.1, 0.15) is 47.8 Å². The SMILES string of the molecule is CC(C)OCc1ccc(C(=O)O[C@@H](C)C(=O)N2CCc3ccccc3C2)cc1. The van der Waals surface area contributed by atoms with Crippen molar-refractivity contribution in [3.63, 3.8) is 0 Å². The minimum Gasteiger partial charge on any atom is -0.449 e. The fraction of sp³-hybridized carbons (Fsp3) is 0.391. The van der Waals surface area contributed by atoms with Crippen LogP contribution in [0.5, 0.6) is 0 Å². The van der Waals surface area contributed by atoms with Crippen LogP contribution < -0.4 is 0 Å². The minimum absolute atomic E-state index is 0.151. The molecular weight excluding hydrogens is 354 g/mol.